The molecule has 35 heavy (non-hydrogen) atoms. The number of ether oxygens (including phenoxy) is 2. The summed E-state index contributed by atoms with van der Waals surface area (Å²) in [6.45, 7) is 10.3. The van der Waals surface area contributed by atoms with Crippen molar-refractivity contribution >= 4 is 5.97 Å². The third kappa shape index (κ3) is 6.41. The highest BCUT2D eigenvalue weighted by atomic mass is 19.1. The van der Waals surface area contributed by atoms with Crippen LogP contribution in [0.2, 0.25) is 0 Å². The van der Waals surface area contributed by atoms with Gasteiger partial charge in [0.2, 0.25) is 0 Å². The molecule has 0 radical (unpaired) electrons. The first kappa shape index (κ1) is 26.3. The quantitative estimate of drug-likeness (QED) is 0.339. The van der Waals surface area contributed by atoms with Gasteiger partial charge in [0.05, 0.1) is 13.5 Å². The lowest BCUT2D eigenvalue weighted by Gasteiger charge is -2.26. The van der Waals surface area contributed by atoms with Crippen molar-refractivity contribution in [1.29, 1.82) is 0 Å². The van der Waals surface area contributed by atoms with Crippen molar-refractivity contribution in [3.63, 3.8) is 0 Å². The monoisotopic (exact) mass is 478 g/mol. The van der Waals surface area contributed by atoms with Crippen LogP contribution in [0.1, 0.15) is 76.2 Å². The molecule has 1 N–H and O–H groups in total. The number of benzene rings is 3. The number of carbonyl (C=O) groups is 1. The fourth-order valence-electron chi connectivity index (χ4n) is 4.33. The highest BCUT2D eigenvalue weighted by molar-refractivity contribution is 5.71. The Balaban J connectivity index is 1.94. The third-order valence-electron chi connectivity index (χ3n) is 6.34. The first-order valence-corrected chi connectivity index (χ1v) is 12.0. The van der Waals surface area contributed by atoms with Gasteiger partial charge in [0, 0.05) is 5.56 Å². The Kier molecular flexibility index (Phi) is 8.21. The largest absolute Gasteiger partial charge is 0.497 e. The molecule has 4 nitrogen and oxygen atoms in total. The molecular weight excluding hydrogens is 443 g/mol. The standard InChI is InChI=1S/C30H35FO4/c1-7-20(17-29(32)33)22-9-8-10-24(15-22)35-19(2)21-11-13-25(27(16-21)30(3,4)5)26-18-23(34-6)12-14-28(26)31/h8-16,18-20H,7,17H2,1-6H3,(H,32,33)/t19-,20+/m1/s1. The summed E-state index contributed by atoms with van der Waals surface area (Å²) in [5.74, 6) is 0.140. The minimum absolute atomic E-state index is 0.0594. The van der Waals surface area contributed by atoms with E-state index in [2.05, 4.69) is 26.8 Å². The maximum Gasteiger partial charge on any atom is 0.303 e. The van der Waals surface area contributed by atoms with Crippen LogP contribution < -0.4 is 9.47 Å². The summed E-state index contributed by atoms with van der Waals surface area (Å²) in [6.07, 6.45) is 0.574. The Morgan fingerprint density at radius 3 is 2.34 bits per heavy atom. The van der Waals surface area contributed by atoms with Crippen LogP contribution in [0.3, 0.4) is 0 Å². The molecule has 3 aromatic carbocycles. The van der Waals surface area contributed by atoms with Crippen molar-refractivity contribution in [2.45, 2.75) is 64.9 Å². The summed E-state index contributed by atoms with van der Waals surface area (Å²) < 4.78 is 26.4. The molecule has 0 aromatic heterocycles. The first-order chi connectivity index (χ1) is 16.5. The molecule has 0 saturated heterocycles. The molecule has 0 unspecified atom stereocenters. The molecule has 3 aromatic rings. The summed E-state index contributed by atoms with van der Waals surface area (Å²) in [5, 5.41) is 9.22. The van der Waals surface area contributed by atoms with Gasteiger partial charge in [-0.1, -0.05) is 58.0 Å². The normalized spacial score (nSPS) is 13.2. The Morgan fingerprint density at radius 2 is 1.71 bits per heavy atom. The van der Waals surface area contributed by atoms with Crippen molar-refractivity contribution in [2.24, 2.45) is 0 Å². The van der Waals surface area contributed by atoms with E-state index in [0.717, 1.165) is 28.7 Å². The molecule has 0 aliphatic rings. The van der Waals surface area contributed by atoms with E-state index in [1.54, 1.807) is 19.2 Å². The highest BCUT2D eigenvalue weighted by Crippen LogP contribution is 2.38. The molecule has 0 saturated carbocycles. The zero-order chi connectivity index (χ0) is 25.8. The summed E-state index contributed by atoms with van der Waals surface area (Å²) >= 11 is 0. The average molecular weight is 479 g/mol. The lowest BCUT2D eigenvalue weighted by atomic mass is 9.80. The molecule has 186 valence electrons. The van der Waals surface area contributed by atoms with Crippen LogP contribution in [0, 0.1) is 5.82 Å². The second-order valence-corrected chi connectivity index (χ2v) is 9.94. The van der Waals surface area contributed by atoms with E-state index in [1.807, 2.05) is 50.2 Å². The molecule has 0 spiro atoms. The molecule has 0 bridgehead atoms. The number of methoxy groups -OCH3 is 1. The molecule has 5 heteroatoms. The van der Waals surface area contributed by atoms with Crippen LogP contribution >= 0.6 is 0 Å². The average Bonchev–Trinajstić information content (AvgIpc) is 2.82. The van der Waals surface area contributed by atoms with Gasteiger partial charge >= 0.3 is 5.97 Å². The minimum Gasteiger partial charge on any atom is -0.497 e. The van der Waals surface area contributed by atoms with Crippen LogP contribution in [0.4, 0.5) is 4.39 Å². The van der Waals surface area contributed by atoms with E-state index in [9.17, 15) is 14.3 Å². The van der Waals surface area contributed by atoms with Crippen molar-refractivity contribution < 1.29 is 23.8 Å². The number of hydrogen-bond donors (Lipinski definition) is 1. The second kappa shape index (κ2) is 10.9. The van der Waals surface area contributed by atoms with Gasteiger partial charge in [-0.25, -0.2) is 4.39 Å². The predicted octanol–water partition coefficient (Wildman–Crippen LogP) is 7.91. The van der Waals surface area contributed by atoms with Crippen LogP contribution in [0.15, 0.2) is 60.7 Å². The zero-order valence-corrected chi connectivity index (χ0v) is 21.4. The molecule has 0 amide bonds. The SMILES string of the molecule is CC[C@@H](CC(=O)O)c1cccc(O[C@H](C)c2ccc(-c3cc(OC)ccc3F)c(C(C)(C)C)c2)c1. The van der Waals surface area contributed by atoms with Gasteiger partial charge < -0.3 is 14.6 Å². The zero-order valence-electron chi connectivity index (χ0n) is 21.4. The van der Waals surface area contributed by atoms with Gasteiger partial charge in [-0.2, -0.15) is 0 Å². The Morgan fingerprint density at radius 1 is 0.971 bits per heavy atom. The van der Waals surface area contributed by atoms with Crippen molar-refractivity contribution in [3.05, 3.63) is 83.2 Å². The number of rotatable bonds is 9. The summed E-state index contributed by atoms with van der Waals surface area (Å²) in [6, 6.07) is 18.4. The molecule has 0 fully saturated rings. The molecule has 0 aliphatic carbocycles. The first-order valence-electron chi connectivity index (χ1n) is 12.0. The van der Waals surface area contributed by atoms with Crippen LogP contribution in [-0.2, 0) is 10.2 Å². The molecule has 0 heterocycles. The smallest absolute Gasteiger partial charge is 0.303 e. The fourth-order valence-corrected chi connectivity index (χ4v) is 4.33. The van der Waals surface area contributed by atoms with Crippen molar-refractivity contribution in [3.8, 4) is 22.6 Å². The van der Waals surface area contributed by atoms with E-state index in [0.29, 0.717) is 17.1 Å². The maximum absolute atomic E-state index is 14.8. The van der Waals surface area contributed by atoms with E-state index >= 15 is 0 Å². The van der Waals surface area contributed by atoms with Gasteiger partial charge in [0.25, 0.3) is 0 Å². The van der Waals surface area contributed by atoms with Gasteiger partial charge in [-0.3, -0.25) is 4.79 Å². The summed E-state index contributed by atoms with van der Waals surface area (Å²) in [7, 11) is 1.57. The highest BCUT2D eigenvalue weighted by Gasteiger charge is 2.23. The number of carboxylic acid groups (broad SMARTS) is 1. The predicted molar refractivity (Wildman–Crippen MR) is 138 cm³/mol. The maximum atomic E-state index is 14.8. The fraction of sp³-hybridized carbons (Fsp3) is 0.367. The van der Waals surface area contributed by atoms with Crippen molar-refractivity contribution in [1.82, 2.24) is 0 Å². The third-order valence-corrected chi connectivity index (χ3v) is 6.34. The van der Waals surface area contributed by atoms with Gasteiger partial charge in [-0.15, -0.1) is 0 Å². The van der Waals surface area contributed by atoms with Crippen molar-refractivity contribution in [2.75, 3.05) is 7.11 Å². The van der Waals surface area contributed by atoms with Gasteiger partial charge in [0.15, 0.2) is 0 Å². The summed E-state index contributed by atoms with van der Waals surface area (Å²) in [4.78, 5) is 11.2. The molecule has 0 aliphatic heterocycles. The van der Waals surface area contributed by atoms with E-state index < -0.39 is 5.97 Å². The molecule has 3 rings (SSSR count). The van der Waals surface area contributed by atoms with Gasteiger partial charge in [0.1, 0.15) is 23.4 Å². The lowest BCUT2D eigenvalue weighted by Crippen LogP contribution is -2.15. The number of hydrogen-bond acceptors (Lipinski definition) is 3. The lowest BCUT2D eigenvalue weighted by molar-refractivity contribution is -0.137. The molecule has 2 atom stereocenters. The second-order valence-electron chi connectivity index (χ2n) is 9.94. The number of carboxylic acids is 1. The van der Waals surface area contributed by atoms with Crippen LogP contribution in [-0.4, -0.2) is 18.2 Å². The number of aliphatic carboxylic acids is 1. The Labute approximate surface area is 207 Å². The number of halogens is 1. The molecular formula is C30H35FO4. The van der Waals surface area contributed by atoms with Crippen LogP contribution in [0.5, 0.6) is 11.5 Å². The Bertz CT molecular complexity index is 1180. The van der Waals surface area contributed by atoms with E-state index in [-0.39, 0.29) is 29.7 Å². The minimum atomic E-state index is -0.807. The van der Waals surface area contributed by atoms with Gasteiger partial charge in [-0.05, 0) is 77.3 Å². The van der Waals surface area contributed by atoms with Crippen LogP contribution in [0.25, 0.3) is 11.1 Å². The van der Waals surface area contributed by atoms with E-state index in [1.165, 1.54) is 6.07 Å². The van der Waals surface area contributed by atoms with E-state index in [4.69, 9.17) is 9.47 Å². The Hall–Kier alpha value is -3.34. The topological polar surface area (TPSA) is 55.8 Å². The summed E-state index contributed by atoms with van der Waals surface area (Å²) in [5.41, 5.74) is 4.05.